The highest BCUT2D eigenvalue weighted by Gasteiger charge is 2.30. The lowest BCUT2D eigenvalue weighted by atomic mass is 9.75. The number of para-hydroxylation sites is 1. The highest BCUT2D eigenvalue weighted by molar-refractivity contribution is 6.20. The van der Waals surface area contributed by atoms with Crippen LogP contribution in [0.5, 0.6) is 0 Å². The summed E-state index contributed by atoms with van der Waals surface area (Å²) < 4.78 is 2.43. The molecule has 21 heavy (non-hydrogen) atoms. The maximum atomic E-state index is 6.42. The Hall–Kier alpha value is -1.02. The number of benzene rings is 1. The summed E-state index contributed by atoms with van der Waals surface area (Å²) in [6, 6.07) is 7.00. The summed E-state index contributed by atoms with van der Waals surface area (Å²) in [5.74, 6) is 1.03. The molecule has 1 aliphatic rings. The second-order valence-electron chi connectivity index (χ2n) is 7.29. The Labute approximate surface area is 132 Å². The topological polar surface area (TPSA) is 17.8 Å². The maximum Gasteiger partial charge on any atom is 0.127 e. The monoisotopic (exact) mass is 304 g/mol. The average Bonchev–Trinajstić information content (AvgIpc) is 2.80. The molecule has 0 saturated heterocycles. The SMILES string of the molecule is Cc1cccc2c1nc(C(C)Cl)n2C1CCC(C)(C)CC1. The Balaban J connectivity index is 2.08. The van der Waals surface area contributed by atoms with E-state index in [2.05, 4.69) is 43.5 Å². The van der Waals surface area contributed by atoms with Crippen molar-refractivity contribution in [3.05, 3.63) is 29.6 Å². The molecule has 1 unspecified atom stereocenters. The van der Waals surface area contributed by atoms with Crippen LogP contribution in [0.1, 0.15) is 69.3 Å². The molecule has 1 aromatic carbocycles. The van der Waals surface area contributed by atoms with Crippen LogP contribution in [-0.2, 0) is 0 Å². The molecule has 1 saturated carbocycles. The Morgan fingerprint density at radius 3 is 2.57 bits per heavy atom. The number of rotatable bonds is 2. The minimum absolute atomic E-state index is 0.0493. The van der Waals surface area contributed by atoms with Crippen LogP contribution in [0.15, 0.2) is 18.2 Å². The van der Waals surface area contributed by atoms with Gasteiger partial charge in [0, 0.05) is 6.04 Å². The maximum absolute atomic E-state index is 6.42. The summed E-state index contributed by atoms with van der Waals surface area (Å²) >= 11 is 6.42. The van der Waals surface area contributed by atoms with Gasteiger partial charge in [0.15, 0.2) is 0 Å². The van der Waals surface area contributed by atoms with Gasteiger partial charge in [0.25, 0.3) is 0 Å². The van der Waals surface area contributed by atoms with Gasteiger partial charge in [0.05, 0.1) is 16.4 Å². The zero-order valence-electron chi connectivity index (χ0n) is 13.5. The van der Waals surface area contributed by atoms with E-state index in [0.29, 0.717) is 11.5 Å². The third-order valence-electron chi connectivity index (χ3n) is 4.98. The molecule has 114 valence electrons. The van der Waals surface area contributed by atoms with Gasteiger partial charge in [-0.05, 0) is 56.6 Å². The number of halogens is 1. The number of alkyl halides is 1. The number of nitrogens with zero attached hydrogens (tertiary/aromatic N) is 2. The first-order valence-electron chi connectivity index (χ1n) is 8.00. The van der Waals surface area contributed by atoms with E-state index in [1.54, 1.807) is 0 Å². The molecule has 3 heteroatoms. The van der Waals surface area contributed by atoms with E-state index in [0.717, 1.165) is 11.3 Å². The molecular weight excluding hydrogens is 280 g/mol. The van der Waals surface area contributed by atoms with Crippen LogP contribution in [0, 0.1) is 12.3 Å². The van der Waals surface area contributed by atoms with Crippen LogP contribution in [0.2, 0.25) is 0 Å². The average molecular weight is 305 g/mol. The summed E-state index contributed by atoms with van der Waals surface area (Å²) in [5, 5.41) is -0.0493. The Bertz CT molecular complexity index is 645. The predicted molar refractivity (Wildman–Crippen MR) is 90.0 cm³/mol. The van der Waals surface area contributed by atoms with E-state index in [9.17, 15) is 0 Å². The lowest BCUT2D eigenvalue weighted by molar-refractivity contribution is 0.194. The second kappa shape index (κ2) is 5.31. The van der Waals surface area contributed by atoms with Crippen LogP contribution in [0.25, 0.3) is 11.0 Å². The quantitative estimate of drug-likeness (QED) is 0.642. The van der Waals surface area contributed by atoms with Gasteiger partial charge in [-0.1, -0.05) is 26.0 Å². The molecule has 2 nitrogen and oxygen atoms in total. The smallest absolute Gasteiger partial charge is 0.127 e. The molecule has 0 aliphatic heterocycles. The highest BCUT2D eigenvalue weighted by Crippen LogP contribution is 2.42. The zero-order chi connectivity index (χ0) is 15.2. The van der Waals surface area contributed by atoms with Gasteiger partial charge in [0.2, 0.25) is 0 Å². The minimum atomic E-state index is -0.0493. The standard InChI is InChI=1S/C18H25ClN2/c1-12-6-5-7-15-16(12)20-17(13(2)19)21(15)14-8-10-18(3,4)11-9-14/h5-7,13-14H,8-11H2,1-4H3. The molecule has 1 atom stereocenters. The van der Waals surface area contributed by atoms with Crippen molar-refractivity contribution in [3.8, 4) is 0 Å². The summed E-state index contributed by atoms with van der Waals surface area (Å²) in [7, 11) is 0. The van der Waals surface area contributed by atoms with E-state index < -0.39 is 0 Å². The van der Waals surface area contributed by atoms with Crippen LogP contribution in [-0.4, -0.2) is 9.55 Å². The van der Waals surface area contributed by atoms with Gasteiger partial charge in [0.1, 0.15) is 5.82 Å². The number of hydrogen-bond donors (Lipinski definition) is 0. The Morgan fingerprint density at radius 2 is 1.95 bits per heavy atom. The summed E-state index contributed by atoms with van der Waals surface area (Å²) in [5.41, 5.74) is 4.09. The third kappa shape index (κ3) is 2.70. The summed E-state index contributed by atoms with van der Waals surface area (Å²) in [6.45, 7) is 8.92. The van der Waals surface area contributed by atoms with Crippen LogP contribution < -0.4 is 0 Å². The largest absolute Gasteiger partial charge is 0.324 e. The van der Waals surface area contributed by atoms with Crippen molar-refractivity contribution >= 4 is 22.6 Å². The predicted octanol–water partition coefficient (Wildman–Crippen LogP) is 5.79. The van der Waals surface area contributed by atoms with Gasteiger partial charge in [-0.3, -0.25) is 0 Å². The Kier molecular flexibility index (Phi) is 3.77. The molecule has 0 N–H and O–H groups in total. The second-order valence-corrected chi connectivity index (χ2v) is 7.95. The molecule has 0 bridgehead atoms. The molecule has 1 aromatic heterocycles. The van der Waals surface area contributed by atoms with Crippen molar-refractivity contribution in [3.63, 3.8) is 0 Å². The molecule has 1 fully saturated rings. The number of hydrogen-bond acceptors (Lipinski definition) is 1. The van der Waals surface area contributed by atoms with E-state index in [-0.39, 0.29) is 5.38 Å². The molecular formula is C18H25ClN2. The first-order valence-corrected chi connectivity index (χ1v) is 8.44. The molecule has 0 spiro atoms. The molecule has 3 rings (SSSR count). The minimum Gasteiger partial charge on any atom is -0.324 e. The van der Waals surface area contributed by atoms with Crippen molar-refractivity contribution in [1.82, 2.24) is 9.55 Å². The first-order chi connectivity index (χ1) is 9.89. The molecule has 0 radical (unpaired) electrons. The molecule has 2 aromatic rings. The van der Waals surface area contributed by atoms with Gasteiger partial charge >= 0.3 is 0 Å². The lowest BCUT2D eigenvalue weighted by Crippen LogP contribution is -2.24. The first kappa shape index (κ1) is 14.9. The van der Waals surface area contributed by atoms with Crippen molar-refractivity contribution in [2.24, 2.45) is 5.41 Å². The van der Waals surface area contributed by atoms with Crippen molar-refractivity contribution in [1.29, 1.82) is 0 Å². The van der Waals surface area contributed by atoms with E-state index in [1.807, 2.05) is 6.92 Å². The van der Waals surface area contributed by atoms with Gasteiger partial charge in [-0.2, -0.15) is 0 Å². The third-order valence-corrected chi connectivity index (χ3v) is 5.17. The van der Waals surface area contributed by atoms with E-state index in [1.165, 1.54) is 36.8 Å². The summed E-state index contributed by atoms with van der Waals surface area (Å²) in [4.78, 5) is 4.85. The number of aryl methyl sites for hydroxylation is 1. The molecule has 1 heterocycles. The fraction of sp³-hybridized carbons (Fsp3) is 0.611. The van der Waals surface area contributed by atoms with E-state index >= 15 is 0 Å². The van der Waals surface area contributed by atoms with Gasteiger partial charge < -0.3 is 4.57 Å². The molecule has 0 amide bonds. The van der Waals surface area contributed by atoms with Crippen LogP contribution in [0.4, 0.5) is 0 Å². The van der Waals surface area contributed by atoms with Crippen molar-refractivity contribution < 1.29 is 0 Å². The van der Waals surface area contributed by atoms with E-state index in [4.69, 9.17) is 16.6 Å². The zero-order valence-corrected chi connectivity index (χ0v) is 14.2. The summed E-state index contributed by atoms with van der Waals surface area (Å²) in [6.07, 6.45) is 5.00. The number of imidazole rings is 1. The fourth-order valence-electron chi connectivity index (χ4n) is 3.58. The van der Waals surface area contributed by atoms with Crippen LogP contribution in [0.3, 0.4) is 0 Å². The Morgan fingerprint density at radius 1 is 1.29 bits per heavy atom. The highest BCUT2D eigenvalue weighted by atomic mass is 35.5. The number of fused-ring (bicyclic) bond motifs is 1. The number of aromatic nitrogens is 2. The van der Waals surface area contributed by atoms with Crippen molar-refractivity contribution in [2.75, 3.05) is 0 Å². The van der Waals surface area contributed by atoms with Gasteiger partial charge in [-0.25, -0.2) is 4.98 Å². The van der Waals surface area contributed by atoms with Crippen LogP contribution >= 0.6 is 11.6 Å². The fourth-order valence-corrected chi connectivity index (χ4v) is 3.74. The van der Waals surface area contributed by atoms with Crippen molar-refractivity contribution in [2.45, 2.75) is 64.8 Å². The van der Waals surface area contributed by atoms with Gasteiger partial charge in [-0.15, -0.1) is 11.6 Å². The normalized spacial score (nSPS) is 20.8. The molecule has 1 aliphatic carbocycles. The lowest BCUT2D eigenvalue weighted by Gasteiger charge is -2.36.